The van der Waals surface area contributed by atoms with Crippen LogP contribution >= 0.6 is 0 Å². The van der Waals surface area contributed by atoms with E-state index in [4.69, 9.17) is 0 Å². The topological polar surface area (TPSA) is 28.2 Å². The van der Waals surface area contributed by atoms with E-state index in [-0.39, 0.29) is 5.82 Å². The number of anilines is 2. The summed E-state index contributed by atoms with van der Waals surface area (Å²) in [6.45, 7) is 5.86. The molecular formula is C17H20FN3. The van der Waals surface area contributed by atoms with Crippen molar-refractivity contribution >= 4 is 11.4 Å². The normalized spacial score (nSPS) is 13.8. The maximum Gasteiger partial charge on any atom is 0.125 e. The highest BCUT2D eigenvalue weighted by atomic mass is 19.1. The number of nitrogens with zero attached hydrogens (tertiary/aromatic N) is 2. The van der Waals surface area contributed by atoms with Crippen LogP contribution in [-0.2, 0) is 13.0 Å². The number of pyridine rings is 1. The monoisotopic (exact) mass is 285 g/mol. The van der Waals surface area contributed by atoms with Gasteiger partial charge in [0.2, 0.25) is 0 Å². The van der Waals surface area contributed by atoms with Crippen molar-refractivity contribution in [1.29, 1.82) is 0 Å². The Hall–Kier alpha value is -1.94. The number of fused-ring (bicyclic) bond motifs is 1. The Kier molecular flexibility index (Phi) is 3.88. The summed E-state index contributed by atoms with van der Waals surface area (Å²) in [5, 5.41) is 3.37. The van der Waals surface area contributed by atoms with Gasteiger partial charge in [-0.2, -0.15) is 0 Å². The molecule has 0 amide bonds. The summed E-state index contributed by atoms with van der Waals surface area (Å²) >= 11 is 0. The highest BCUT2D eigenvalue weighted by Gasteiger charge is 2.21. The van der Waals surface area contributed by atoms with Crippen LogP contribution in [0.5, 0.6) is 0 Å². The molecule has 0 aliphatic carbocycles. The molecule has 2 heterocycles. The second kappa shape index (κ2) is 5.82. The molecule has 0 saturated carbocycles. The van der Waals surface area contributed by atoms with E-state index in [1.807, 2.05) is 18.3 Å². The lowest BCUT2D eigenvalue weighted by Crippen LogP contribution is -2.22. The van der Waals surface area contributed by atoms with E-state index in [2.05, 4.69) is 35.1 Å². The van der Waals surface area contributed by atoms with E-state index in [1.54, 1.807) is 6.07 Å². The van der Waals surface area contributed by atoms with Gasteiger partial charge in [-0.3, -0.25) is 4.98 Å². The van der Waals surface area contributed by atoms with Gasteiger partial charge in [0.15, 0.2) is 0 Å². The van der Waals surface area contributed by atoms with Crippen molar-refractivity contribution in [2.45, 2.75) is 32.9 Å². The van der Waals surface area contributed by atoms with Gasteiger partial charge in [-0.05, 0) is 36.2 Å². The average molecular weight is 285 g/mol. The molecule has 1 aliphatic heterocycles. The number of nitrogens with one attached hydrogen (secondary N) is 1. The van der Waals surface area contributed by atoms with Gasteiger partial charge in [0.1, 0.15) is 5.82 Å². The van der Waals surface area contributed by atoms with Crippen LogP contribution in [0.1, 0.15) is 25.1 Å². The highest BCUT2D eigenvalue weighted by Crippen LogP contribution is 2.34. The van der Waals surface area contributed by atoms with Gasteiger partial charge < -0.3 is 10.2 Å². The molecule has 1 aliphatic rings. The van der Waals surface area contributed by atoms with Crippen LogP contribution in [0.3, 0.4) is 0 Å². The van der Waals surface area contributed by atoms with E-state index < -0.39 is 0 Å². The third kappa shape index (κ3) is 3.05. The predicted octanol–water partition coefficient (Wildman–Crippen LogP) is 3.41. The first-order chi connectivity index (χ1) is 10.1. The predicted molar refractivity (Wildman–Crippen MR) is 83.3 cm³/mol. The molecule has 0 bridgehead atoms. The smallest absolute Gasteiger partial charge is 0.125 e. The van der Waals surface area contributed by atoms with Crippen LogP contribution < -0.4 is 10.2 Å². The van der Waals surface area contributed by atoms with Crippen molar-refractivity contribution in [3.63, 3.8) is 0 Å². The lowest BCUT2D eigenvalue weighted by Gasteiger charge is -2.20. The summed E-state index contributed by atoms with van der Waals surface area (Å²) in [6.07, 6.45) is 2.78. The van der Waals surface area contributed by atoms with Crippen molar-refractivity contribution in [1.82, 2.24) is 10.3 Å². The second-order valence-electron chi connectivity index (χ2n) is 5.72. The first-order valence-corrected chi connectivity index (χ1v) is 7.38. The van der Waals surface area contributed by atoms with E-state index in [1.165, 1.54) is 11.6 Å². The van der Waals surface area contributed by atoms with Crippen LogP contribution in [0.4, 0.5) is 15.8 Å². The first kappa shape index (κ1) is 14.0. The minimum atomic E-state index is -0.184. The molecule has 0 unspecified atom stereocenters. The molecule has 0 spiro atoms. The van der Waals surface area contributed by atoms with Crippen LogP contribution in [0, 0.1) is 5.82 Å². The van der Waals surface area contributed by atoms with Gasteiger partial charge in [-0.25, -0.2) is 4.39 Å². The van der Waals surface area contributed by atoms with Crippen molar-refractivity contribution in [3.8, 4) is 0 Å². The Balaban J connectivity index is 1.86. The fourth-order valence-corrected chi connectivity index (χ4v) is 2.66. The lowest BCUT2D eigenvalue weighted by molar-refractivity contribution is 0.581. The fourth-order valence-electron chi connectivity index (χ4n) is 2.66. The molecule has 110 valence electrons. The summed E-state index contributed by atoms with van der Waals surface area (Å²) in [5.41, 5.74) is 4.26. The zero-order valence-electron chi connectivity index (χ0n) is 12.4. The molecule has 3 rings (SSSR count). The molecule has 1 N–H and O–H groups in total. The Morgan fingerprint density at radius 1 is 1.29 bits per heavy atom. The molecule has 3 nitrogen and oxygen atoms in total. The Morgan fingerprint density at radius 3 is 2.95 bits per heavy atom. The summed E-state index contributed by atoms with van der Waals surface area (Å²) in [4.78, 5) is 6.56. The van der Waals surface area contributed by atoms with Gasteiger partial charge in [0.25, 0.3) is 0 Å². The van der Waals surface area contributed by atoms with Gasteiger partial charge >= 0.3 is 0 Å². The van der Waals surface area contributed by atoms with Gasteiger partial charge in [-0.15, -0.1) is 0 Å². The van der Waals surface area contributed by atoms with Gasteiger partial charge in [0, 0.05) is 36.7 Å². The molecule has 1 aromatic heterocycles. The lowest BCUT2D eigenvalue weighted by atomic mass is 10.1. The second-order valence-corrected chi connectivity index (χ2v) is 5.72. The molecule has 0 saturated heterocycles. The molecular weight excluding hydrogens is 265 g/mol. The van der Waals surface area contributed by atoms with Crippen LogP contribution in [-0.4, -0.2) is 17.6 Å². The largest absolute Gasteiger partial charge is 0.341 e. The minimum absolute atomic E-state index is 0.184. The minimum Gasteiger partial charge on any atom is -0.341 e. The number of halogens is 1. The third-order valence-electron chi connectivity index (χ3n) is 3.75. The summed E-state index contributed by atoms with van der Waals surface area (Å²) in [5.74, 6) is -0.184. The molecule has 0 atom stereocenters. The zero-order chi connectivity index (χ0) is 14.8. The van der Waals surface area contributed by atoms with Crippen LogP contribution in [0.15, 0.2) is 36.5 Å². The molecule has 0 radical (unpaired) electrons. The number of benzene rings is 1. The molecule has 21 heavy (non-hydrogen) atoms. The Labute approximate surface area is 124 Å². The van der Waals surface area contributed by atoms with Crippen molar-refractivity contribution < 1.29 is 4.39 Å². The van der Waals surface area contributed by atoms with E-state index >= 15 is 0 Å². The number of hydrogen-bond donors (Lipinski definition) is 1. The van der Waals surface area contributed by atoms with Crippen molar-refractivity contribution in [2.75, 3.05) is 11.4 Å². The van der Waals surface area contributed by atoms with Crippen LogP contribution in [0.2, 0.25) is 0 Å². The van der Waals surface area contributed by atoms with E-state index in [0.29, 0.717) is 6.04 Å². The maximum atomic E-state index is 13.5. The molecule has 4 heteroatoms. The zero-order valence-corrected chi connectivity index (χ0v) is 12.4. The highest BCUT2D eigenvalue weighted by molar-refractivity contribution is 5.69. The molecule has 0 fully saturated rings. The van der Waals surface area contributed by atoms with Gasteiger partial charge in [0.05, 0.1) is 5.69 Å². The van der Waals surface area contributed by atoms with Gasteiger partial charge in [-0.1, -0.05) is 19.9 Å². The fraction of sp³-hybridized carbons (Fsp3) is 0.353. The Bertz CT molecular complexity index is 640. The van der Waals surface area contributed by atoms with Crippen LogP contribution in [0.25, 0.3) is 0 Å². The summed E-state index contributed by atoms with van der Waals surface area (Å²) in [7, 11) is 0. The summed E-state index contributed by atoms with van der Waals surface area (Å²) in [6, 6.07) is 9.53. The third-order valence-corrected chi connectivity index (χ3v) is 3.75. The van der Waals surface area contributed by atoms with Crippen molar-refractivity contribution in [3.05, 3.63) is 53.6 Å². The SMILES string of the molecule is CC(C)NCc1cc(N2CCc3ccc(F)cc32)ccn1. The molecule has 1 aromatic carbocycles. The quantitative estimate of drug-likeness (QED) is 0.933. The Morgan fingerprint density at radius 2 is 2.14 bits per heavy atom. The van der Waals surface area contributed by atoms with E-state index in [0.717, 1.165) is 36.6 Å². The maximum absolute atomic E-state index is 13.5. The standard InChI is InChI=1S/C17H20FN3/c1-12(2)20-11-15-10-16(5-7-19-15)21-8-6-13-3-4-14(18)9-17(13)21/h3-5,7,9-10,12,20H,6,8,11H2,1-2H3. The number of hydrogen-bond acceptors (Lipinski definition) is 3. The summed E-state index contributed by atoms with van der Waals surface area (Å²) < 4.78 is 13.5. The van der Waals surface area contributed by atoms with Crippen molar-refractivity contribution in [2.24, 2.45) is 0 Å². The number of rotatable bonds is 4. The molecule has 2 aromatic rings. The number of aromatic nitrogens is 1. The first-order valence-electron chi connectivity index (χ1n) is 7.38. The average Bonchev–Trinajstić information content (AvgIpc) is 2.88. The van der Waals surface area contributed by atoms with E-state index in [9.17, 15) is 4.39 Å².